The van der Waals surface area contributed by atoms with E-state index >= 15 is 0 Å². The summed E-state index contributed by atoms with van der Waals surface area (Å²) in [4.78, 5) is 0. The van der Waals surface area contributed by atoms with E-state index in [2.05, 4.69) is 15.5 Å². The summed E-state index contributed by atoms with van der Waals surface area (Å²) in [5, 5.41) is 34.7. The Morgan fingerprint density at radius 3 is 2.88 bits per heavy atom. The summed E-state index contributed by atoms with van der Waals surface area (Å²) < 4.78 is 6.26. The third kappa shape index (κ3) is 2.60. The highest BCUT2D eigenvalue weighted by atomic mass is 32.1. The number of aryl methyl sites for hydroxylation is 1. The number of aromatic hydroxyl groups is 1. The lowest BCUT2D eigenvalue weighted by Crippen LogP contribution is -2.32. The summed E-state index contributed by atoms with van der Waals surface area (Å²) in [6.07, 6.45) is -0.545. The average molecular weight is 343 g/mol. The molecule has 0 bridgehead atoms. The van der Waals surface area contributed by atoms with E-state index < -0.39 is 6.10 Å². The fourth-order valence-electron chi connectivity index (χ4n) is 2.91. The molecule has 0 spiro atoms. The van der Waals surface area contributed by atoms with Crippen LogP contribution in [-0.2, 0) is 4.74 Å². The normalized spacial score (nSPS) is 20.6. The zero-order chi connectivity index (χ0) is 16.7. The molecule has 1 fully saturated rings. The van der Waals surface area contributed by atoms with Crippen molar-refractivity contribution in [1.29, 1.82) is 0 Å². The summed E-state index contributed by atoms with van der Waals surface area (Å²) >= 11 is 1.59. The van der Waals surface area contributed by atoms with Crippen molar-refractivity contribution in [2.24, 2.45) is 0 Å². The molecule has 1 aliphatic heterocycles. The molecule has 6 nitrogen and oxygen atoms in total. The molecule has 3 aromatic rings. The third-order valence-corrected chi connectivity index (χ3v) is 5.11. The van der Waals surface area contributed by atoms with Crippen molar-refractivity contribution in [2.75, 3.05) is 18.5 Å². The van der Waals surface area contributed by atoms with Gasteiger partial charge >= 0.3 is 0 Å². The van der Waals surface area contributed by atoms with E-state index in [0.717, 1.165) is 15.6 Å². The number of nitrogens with one attached hydrogen (secondary N) is 1. The molecule has 0 saturated carbocycles. The maximum atomic E-state index is 10.5. The van der Waals surface area contributed by atoms with Crippen LogP contribution >= 0.6 is 11.3 Å². The fourth-order valence-corrected chi connectivity index (χ4v) is 3.70. The minimum Gasteiger partial charge on any atom is -0.507 e. The van der Waals surface area contributed by atoms with Crippen molar-refractivity contribution >= 4 is 27.2 Å². The lowest BCUT2D eigenvalue weighted by molar-refractivity contribution is 0.125. The van der Waals surface area contributed by atoms with Gasteiger partial charge in [0, 0.05) is 15.6 Å². The molecule has 1 aromatic carbocycles. The van der Waals surface area contributed by atoms with Crippen LogP contribution in [0.2, 0.25) is 0 Å². The van der Waals surface area contributed by atoms with Crippen molar-refractivity contribution in [3.05, 3.63) is 35.2 Å². The first-order valence-electron chi connectivity index (χ1n) is 7.69. The van der Waals surface area contributed by atoms with Crippen molar-refractivity contribution in [3.8, 4) is 17.0 Å². The summed E-state index contributed by atoms with van der Waals surface area (Å²) in [6.45, 7) is 2.70. The molecule has 0 aliphatic carbocycles. The minimum atomic E-state index is -0.545. The topological polar surface area (TPSA) is 87.5 Å². The van der Waals surface area contributed by atoms with Crippen LogP contribution in [0.4, 0.5) is 5.82 Å². The number of phenolic OH excluding ortho intramolecular Hbond substituents is 1. The molecule has 0 unspecified atom stereocenters. The van der Waals surface area contributed by atoms with Gasteiger partial charge in [-0.1, -0.05) is 0 Å². The Kier molecular flexibility index (Phi) is 3.84. The lowest BCUT2D eigenvalue weighted by atomic mass is 10.0. The SMILES string of the molecule is Cc1cc(N[C@H]2COC[C@@H]2O)nnc1-c1ccc2sccc2c1O. The standard InChI is InChI=1S/C17H17N3O3S/c1-9-6-15(18-12-7-23-8-13(12)21)19-20-16(9)11-2-3-14-10(17(11)22)4-5-24-14/h2-6,12-13,21-22H,7-8H2,1H3,(H,18,19)/t12-,13-/m0/s1. The van der Waals surface area contributed by atoms with Gasteiger partial charge in [-0.3, -0.25) is 0 Å². The lowest BCUT2D eigenvalue weighted by Gasteiger charge is -2.16. The van der Waals surface area contributed by atoms with Crippen LogP contribution in [0.3, 0.4) is 0 Å². The largest absolute Gasteiger partial charge is 0.507 e. The highest BCUT2D eigenvalue weighted by molar-refractivity contribution is 7.17. The maximum Gasteiger partial charge on any atom is 0.149 e. The molecule has 24 heavy (non-hydrogen) atoms. The Morgan fingerprint density at radius 1 is 1.25 bits per heavy atom. The van der Waals surface area contributed by atoms with E-state index in [1.807, 2.05) is 36.6 Å². The highest BCUT2D eigenvalue weighted by Gasteiger charge is 2.26. The van der Waals surface area contributed by atoms with Crippen molar-refractivity contribution in [1.82, 2.24) is 10.2 Å². The maximum absolute atomic E-state index is 10.5. The predicted molar refractivity (Wildman–Crippen MR) is 93.5 cm³/mol. The van der Waals surface area contributed by atoms with Crippen molar-refractivity contribution < 1.29 is 14.9 Å². The van der Waals surface area contributed by atoms with Gasteiger partial charge in [-0.25, -0.2) is 0 Å². The van der Waals surface area contributed by atoms with Crippen molar-refractivity contribution in [3.63, 3.8) is 0 Å². The van der Waals surface area contributed by atoms with E-state index in [9.17, 15) is 10.2 Å². The number of aliphatic hydroxyl groups excluding tert-OH is 1. The van der Waals surface area contributed by atoms with Gasteiger partial charge in [0.05, 0.1) is 31.1 Å². The van der Waals surface area contributed by atoms with E-state index in [1.165, 1.54) is 0 Å². The number of ether oxygens (including phenoxy) is 1. The van der Waals surface area contributed by atoms with Crippen LogP contribution in [0.15, 0.2) is 29.6 Å². The first-order chi connectivity index (χ1) is 11.6. The number of hydrogen-bond acceptors (Lipinski definition) is 7. The highest BCUT2D eigenvalue weighted by Crippen LogP contribution is 2.38. The minimum absolute atomic E-state index is 0.180. The number of aromatic nitrogens is 2. The van der Waals surface area contributed by atoms with Crippen molar-refractivity contribution in [2.45, 2.75) is 19.1 Å². The first-order valence-corrected chi connectivity index (χ1v) is 8.57. The molecule has 124 valence electrons. The number of rotatable bonds is 3. The number of phenols is 1. The summed E-state index contributed by atoms with van der Waals surface area (Å²) in [7, 11) is 0. The number of thiophene rings is 1. The monoisotopic (exact) mass is 343 g/mol. The second-order valence-corrected chi connectivity index (χ2v) is 6.86. The number of aliphatic hydroxyl groups is 1. The van der Waals surface area contributed by atoms with E-state index in [1.54, 1.807) is 11.3 Å². The summed E-state index contributed by atoms with van der Waals surface area (Å²) in [5.74, 6) is 0.813. The van der Waals surface area contributed by atoms with Gasteiger partial charge in [0.25, 0.3) is 0 Å². The molecule has 3 N–H and O–H groups in total. The van der Waals surface area contributed by atoms with Crippen LogP contribution in [0.1, 0.15) is 5.56 Å². The second kappa shape index (κ2) is 6.01. The number of nitrogens with zero attached hydrogens (tertiary/aromatic N) is 2. The quantitative estimate of drug-likeness (QED) is 0.677. The molecular formula is C17H17N3O3S. The third-order valence-electron chi connectivity index (χ3n) is 4.23. The van der Waals surface area contributed by atoms with Gasteiger partial charge < -0.3 is 20.3 Å². The van der Waals surface area contributed by atoms with Crippen LogP contribution in [0.5, 0.6) is 5.75 Å². The Hall–Kier alpha value is -2.22. The second-order valence-electron chi connectivity index (χ2n) is 5.91. The molecule has 7 heteroatoms. The molecule has 0 amide bonds. The molecule has 1 aliphatic rings. The van der Waals surface area contributed by atoms with Gasteiger partial charge in [0.1, 0.15) is 11.6 Å². The van der Waals surface area contributed by atoms with Gasteiger partial charge in [0.15, 0.2) is 0 Å². The summed E-state index contributed by atoms with van der Waals surface area (Å²) in [6, 6.07) is 7.44. The smallest absolute Gasteiger partial charge is 0.149 e. The van der Waals surface area contributed by atoms with E-state index in [-0.39, 0.29) is 11.8 Å². The Bertz CT molecular complexity index is 896. The first kappa shape index (κ1) is 15.3. The van der Waals surface area contributed by atoms with Crippen LogP contribution in [-0.4, -0.2) is 45.8 Å². The van der Waals surface area contributed by atoms with E-state index in [0.29, 0.717) is 30.3 Å². The molecule has 2 atom stereocenters. The number of anilines is 1. The van der Waals surface area contributed by atoms with Gasteiger partial charge in [-0.15, -0.1) is 21.5 Å². The number of fused-ring (bicyclic) bond motifs is 1. The van der Waals surface area contributed by atoms with Crippen LogP contribution in [0, 0.1) is 6.92 Å². The molecule has 3 heterocycles. The molecular weight excluding hydrogens is 326 g/mol. The zero-order valence-corrected chi connectivity index (χ0v) is 13.9. The Balaban J connectivity index is 1.67. The Labute approximate surface area is 142 Å². The number of benzene rings is 1. The average Bonchev–Trinajstić information content (AvgIpc) is 3.19. The van der Waals surface area contributed by atoms with Gasteiger partial charge in [-0.05, 0) is 42.1 Å². The van der Waals surface area contributed by atoms with E-state index in [4.69, 9.17) is 4.74 Å². The molecule has 2 aromatic heterocycles. The fraction of sp³-hybridized carbons (Fsp3) is 0.294. The number of hydrogen-bond donors (Lipinski definition) is 3. The molecule has 1 saturated heterocycles. The molecule has 0 radical (unpaired) electrons. The zero-order valence-electron chi connectivity index (χ0n) is 13.1. The Morgan fingerprint density at radius 2 is 2.12 bits per heavy atom. The van der Waals surface area contributed by atoms with Gasteiger partial charge in [-0.2, -0.15) is 0 Å². The predicted octanol–water partition coefficient (Wildman–Crippen LogP) is 2.54. The van der Waals surface area contributed by atoms with Crippen LogP contribution in [0.25, 0.3) is 21.3 Å². The van der Waals surface area contributed by atoms with Gasteiger partial charge in [0.2, 0.25) is 0 Å². The molecule has 4 rings (SSSR count). The van der Waals surface area contributed by atoms with Crippen LogP contribution < -0.4 is 5.32 Å². The summed E-state index contributed by atoms with van der Waals surface area (Å²) in [5.41, 5.74) is 2.21.